The number of ether oxygens (including phenoxy) is 1. The van der Waals surface area contributed by atoms with E-state index in [1.807, 2.05) is 72.9 Å². The van der Waals surface area contributed by atoms with E-state index in [0.29, 0.717) is 0 Å². The summed E-state index contributed by atoms with van der Waals surface area (Å²) < 4.78 is 6.00. The van der Waals surface area contributed by atoms with E-state index in [0.717, 1.165) is 44.9 Å². The van der Waals surface area contributed by atoms with Gasteiger partial charge in [0.25, 0.3) is 0 Å². The van der Waals surface area contributed by atoms with Crippen LogP contribution in [0.1, 0.15) is 0 Å². The molecule has 1 N–H and O–H groups in total. The van der Waals surface area contributed by atoms with E-state index in [9.17, 15) is 0 Å². The van der Waals surface area contributed by atoms with Crippen LogP contribution in [-0.2, 0) is 0 Å². The molecule has 5 rings (SSSR count). The van der Waals surface area contributed by atoms with Crippen molar-refractivity contribution in [1.29, 1.82) is 0 Å². The van der Waals surface area contributed by atoms with E-state index >= 15 is 0 Å². The molecule has 2 heterocycles. The molecule has 134 valence electrons. The van der Waals surface area contributed by atoms with Gasteiger partial charge in [0.2, 0.25) is 0 Å². The minimum atomic E-state index is 0.788. The summed E-state index contributed by atoms with van der Waals surface area (Å²) in [6.45, 7) is 0. The highest BCUT2D eigenvalue weighted by molar-refractivity contribution is 6.02. The van der Waals surface area contributed by atoms with Gasteiger partial charge in [-0.2, -0.15) is 0 Å². The summed E-state index contributed by atoms with van der Waals surface area (Å²) in [5, 5.41) is 1.01. The van der Waals surface area contributed by atoms with Gasteiger partial charge in [-0.15, -0.1) is 0 Å². The smallest absolute Gasteiger partial charge is 0.141 e. The summed E-state index contributed by atoms with van der Waals surface area (Å²) in [4.78, 5) is 12.2. The Hall–Kier alpha value is -3.92. The Balaban J connectivity index is 1.61. The molecule has 0 atom stereocenters. The second-order valence-corrected chi connectivity index (χ2v) is 6.46. The average Bonchev–Trinajstić information content (AvgIpc) is 3.20. The van der Waals surface area contributed by atoms with E-state index in [2.05, 4.69) is 33.2 Å². The SMILES string of the molecule is c1ccc(Oc2cccc(-c3c[nH]c4ncnc(-c5ccccc5)c34)c2)cc1. The number of aromatic nitrogens is 3. The van der Waals surface area contributed by atoms with Crippen molar-refractivity contribution in [2.75, 3.05) is 0 Å². The van der Waals surface area contributed by atoms with E-state index in [1.165, 1.54) is 0 Å². The summed E-state index contributed by atoms with van der Waals surface area (Å²) in [6, 6.07) is 28.0. The van der Waals surface area contributed by atoms with Crippen molar-refractivity contribution in [3.8, 4) is 33.9 Å². The second kappa shape index (κ2) is 7.00. The number of aromatic amines is 1. The van der Waals surface area contributed by atoms with Gasteiger partial charge in [0.15, 0.2) is 0 Å². The third kappa shape index (κ3) is 3.01. The second-order valence-electron chi connectivity index (χ2n) is 6.46. The average molecular weight is 363 g/mol. The van der Waals surface area contributed by atoms with Crippen molar-refractivity contribution < 1.29 is 4.74 Å². The molecule has 0 unspecified atom stereocenters. The first-order chi connectivity index (χ1) is 13.9. The van der Waals surface area contributed by atoms with E-state index in [-0.39, 0.29) is 0 Å². The van der Waals surface area contributed by atoms with Gasteiger partial charge >= 0.3 is 0 Å². The fourth-order valence-electron chi connectivity index (χ4n) is 3.36. The summed E-state index contributed by atoms with van der Waals surface area (Å²) in [5.74, 6) is 1.60. The molecule has 4 nitrogen and oxygen atoms in total. The Morgan fingerprint density at radius 2 is 1.39 bits per heavy atom. The molecule has 3 aromatic carbocycles. The number of hydrogen-bond acceptors (Lipinski definition) is 3. The van der Waals surface area contributed by atoms with E-state index in [4.69, 9.17) is 4.74 Å². The zero-order chi connectivity index (χ0) is 18.8. The van der Waals surface area contributed by atoms with Crippen LogP contribution in [0.2, 0.25) is 0 Å². The number of nitrogens with one attached hydrogen (secondary N) is 1. The highest BCUT2D eigenvalue weighted by Crippen LogP contribution is 2.35. The number of fused-ring (bicyclic) bond motifs is 1. The van der Waals surface area contributed by atoms with Gasteiger partial charge in [-0.05, 0) is 29.8 Å². The summed E-state index contributed by atoms with van der Waals surface area (Å²) >= 11 is 0. The Morgan fingerprint density at radius 1 is 0.679 bits per heavy atom. The summed E-state index contributed by atoms with van der Waals surface area (Å²) in [5.41, 5.74) is 4.89. The minimum absolute atomic E-state index is 0.788. The van der Waals surface area contributed by atoms with Crippen LogP contribution in [0, 0.1) is 0 Å². The first-order valence-electron chi connectivity index (χ1n) is 9.09. The molecule has 0 aliphatic carbocycles. The number of hydrogen-bond donors (Lipinski definition) is 1. The van der Waals surface area contributed by atoms with Crippen LogP contribution in [0.5, 0.6) is 11.5 Å². The van der Waals surface area contributed by atoms with Gasteiger partial charge in [-0.25, -0.2) is 9.97 Å². The zero-order valence-electron chi connectivity index (χ0n) is 15.0. The fraction of sp³-hybridized carbons (Fsp3) is 0. The molecular formula is C24H17N3O. The predicted octanol–water partition coefficient (Wildman–Crippen LogP) is 6.08. The maximum Gasteiger partial charge on any atom is 0.141 e. The van der Waals surface area contributed by atoms with Crippen molar-refractivity contribution in [2.24, 2.45) is 0 Å². The molecule has 2 aromatic heterocycles. The monoisotopic (exact) mass is 363 g/mol. The minimum Gasteiger partial charge on any atom is -0.457 e. The first-order valence-corrected chi connectivity index (χ1v) is 9.09. The molecule has 0 spiro atoms. The van der Waals surface area contributed by atoms with Gasteiger partial charge in [0, 0.05) is 17.3 Å². The van der Waals surface area contributed by atoms with Crippen LogP contribution in [0.25, 0.3) is 33.4 Å². The van der Waals surface area contributed by atoms with Gasteiger partial charge in [0.05, 0.1) is 11.1 Å². The van der Waals surface area contributed by atoms with Crippen LogP contribution in [0.15, 0.2) is 97.5 Å². The molecule has 0 saturated carbocycles. The van der Waals surface area contributed by atoms with Crippen LogP contribution in [0.4, 0.5) is 0 Å². The topological polar surface area (TPSA) is 50.8 Å². The predicted molar refractivity (Wildman–Crippen MR) is 111 cm³/mol. The Morgan fingerprint density at radius 3 is 2.21 bits per heavy atom. The highest BCUT2D eigenvalue weighted by atomic mass is 16.5. The van der Waals surface area contributed by atoms with Crippen molar-refractivity contribution >= 4 is 11.0 Å². The fourth-order valence-corrected chi connectivity index (χ4v) is 3.36. The molecule has 0 fully saturated rings. The van der Waals surface area contributed by atoms with E-state index in [1.54, 1.807) is 6.33 Å². The standard InChI is InChI=1S/C24H17N3O/c1-3-8-17(9-4-1)23-22-21(15-25-24(22)27-16-26-23)18-10-7-13-20(14-18)28-19-11-5-2-6-12-19/h1-16H,(H,25,26,27). The normalized spacial score (nSPS) is 10.9. The van der Waals surface area contributed by atoms with Gasteiger partial charge in [-0.1, -0.05) is 60.7 Å². The third-order valence-electron chi connectivity index (χ3n) is 4.64. The molecule has 0 aliphatic heterocycles. The molecular weight excluding hydrogens is 346 g/mol. The lowest BCUT2D eigenvalue weighted by Crippen LogP contribution is -1.89. The van der Waals surface area contributed by atoms with Gasteiger partial charge in [-0.3, -0.25) is 0 Å². The lowest BCUT2D eigenvalue weighted by atomic mass is 10.0. The van der Waals surface area contributed by atoms with Crippen LogP contribution in [0.3, 0.4) is 0 Å². The van der Waals surface area contributed by atoms with Crippen molar-refractivity contribution in [3.05, 3.63) is 97.5 Å². The van der Waals surface area contributed by atoms with Crippen LogP contribution < -0.4 is 4.74 Å². The molecule has 28 heavy (non-hydrogen) atoms. The quantitative estimate of drug-likeness (QED) is 0.421. The number of benzene rings is 3. The molecule has 0 bridgehead atoms. The van der Waals surface area contributed by atoms with Gasteiger partial charge in [0.1, 0.15) is 23.5 Å². The number of rotatable bonds is 4. The van der Waals surface area contributed by atoms with Gasteiger partial charge < -0.3 is 9.72 Å². The largest absolute Gasteiger partial charge is 0.457 e. The molecule has 5 aromatic rings. The first kappa shape index (κ1) is 16.3. The lowest BCUT2D eigenvalue weighted by molar-refractivity contribution is 0.483. The Kier molecular flexibility index (Phi) is 4.07. The van der Waals surface area contributed by atoms with E-state index < -0.39 is 0 Å². The Bertz CT molecular complexity index is 1230. The highest BCUT2D eigenvalue weighted by Gasteiger charge is 2.14. The lowest BCUT2D eigenvalue weighted by Gasteiger charge is -2.08. The molecule has 0 aliphatic rings. The number of para-hydroxylation sites is 1. The van der Waals surface area contributed by atoms with Crippen LogP contribution >= 0.6 is 0 Å². The number of H-pyrrole nitrogens is 1. The maximum absolute atomic E-state index is 6.00. The summed E-state index contributed by atoms with van der Waals surface area (Å²) in [7, 11) is 0. The molecule has 4 heteroatoms. The number of nitrogens with zero attached hydrogens (tertiary/aromatic N) is 2. The summed E-state index contributed by atoms with van der Waals surface area (Å²) in [6.07, 6.45) is 3.58. The third-order valence-corrected chi connectivity index (χ3v) is 4.64. The van der Waals surface area contributed by atoms with Crippen molar-refractivity contribution in [3.63, 3.8) is 0 Å². The molecule has 0 saturated heterocycles. The Labute approximate surface area is 162 Å². The molecule has 0 amide bonds. The van der Waals surface area contributed by atoms with Crippen molar-refractivity contribution in [2.45, 2.75) is 0 Å². The molecule has 0 radical (unpaired) electrons. The van der Waals surface area contributed by atoms with Crippen LogP contribution in [-0.4, -0.2) is 15.0 Å². The van der Waals surface area contributed by atoms with Crippen molar-refractivity contribution in [1.82, 2.24) is 15.0 Å². The maximum atomic E-state index is 6.00. The zero-order valence-corrected chi connectivity index (χ0v) is 15.0.